The predicted molar refractivity (Wildman–Crippen MR) is 54.5 cm³/mol. The molecule has 0 radical (unpaired) electrons. The van der Waals surface area contributed by atoms with E-state index >= 15 is 0 Å². The van der Waals surface area contributed by atoms with Gasteiger partial charge in [-0.25, -0.2) is 4.98 Å². The van der Waals surface area contributed by atoms with Crippen molar-refractivity contribution in [3.05, 3.63) is 37.4 Å². The predicted octanol–water partition coefficient (Wildman–Crippen LogP) is 2.08. The summed E-state index contributed by atoms with van der Waals surface area (Å²) in [5.74, 6) is 0. The SMILES string of the molecule is C=C.Cc1cncc2ncn(C)c12. The van der Waals surface area contributed by atoms with Gasteiger partial charge >= 0.3 is 0 Å². The third kappa shape index (κ3) is 1.59. The third-order valence-corrected chi connectivity index (χ3v) is 1.80. The number of nitrogens with zero attached hydrogens (tertiary/aromatic N) is 3. The van der Waals surface area contributed by atoms with Crippen LogP contribution in [0.4, 0.5) is 0 Å². The van der Waals surface area contributed by atoms with Crippen molar-refractivity contribution in [2.24, 2.45) is 7.05 Å². The van der Waals surface area contributed by atoms with Gasteiger partial charge in [-0.1, -0.05) is 0 Å². The summed E-state index contributed by atoms with van der Waals surface area (Å²) in [6, 6.07) is 0. The Hall–Kier alpha value is -1.64. The molecular weight excluding hydrogens is 162 g/mol. The molecule has 3 nitrogen and oxygen atoms in total. The van der Waals surface area contributed by atoms with Crippen LogP contribution in [0.2, 0.25) is 0 Å². The van der Waals surface area contributed by atoms with Gasteiger partial charge in [-0.05, 0) is 12.5 Å². The molecule has 0 aliphatic heterocycles. The standard InChI is InChI=1S/C8H9N3.C2H4/c1-6-3-9-4-7-8(6)11(2)5-10-7;1-2/h3-5H,1-2H3;1-2H2. The molecule has 0 N–H and O–H groups in total. The molecule has 0 aliphatic carbocycles. The number of pyridine rings is 1. The molecule has 2 heterocycles. The summed E-state index contributed by atoms with van der Waals surface area (Å²) in [7, 11) is 1.99. The van der Waals surface area contributed by atoms with Crippen molar-refractivity contribution < 1.29 is 0 Å². The van der Waals surface area contributed by atoms with E-state index in [0.717, 1.165) is 5.52 Å². The Bertz CT molecular complexity index is 403. The van der Waals surface area contributed by atoms with Gasteiger partial charge in [0, 0.05) is 13.2 Å². The molecular formula is C10H13N3. The lowest BCUT2D eigenvalue weighted by Crippen LogP contribution is -1.87. The smallest absolute Gasteiger partial charge is 0.107 e. The van der Waals surface area contributed by atoms with E-state index in [9.17, 15) is 0 Å². The number of fused-ring (bicyclic) bond motifs is 1. The third-order valence-electron chi connectivity index (χ3n) is 1.80. The Kier molecular flexibility index (Phi) is 2.80. The molecule has 0 fully saturated rings. The van der Waals surface area contributed by atoms with Crippen LogP contribution in [-0.2, 0) is 7.05 Å². The van der Waals surface area contributed by atoms with Crippen LogP contribution < -0.4 is 0 Å². The van der Waals surface area contributed by atoms with Gasteiger partial charge in [-0.2, -0.15) is 0 Å². The quantitative estimate of drug-likeness (QED) is 0.574. The Morgan fingerprint density at radius 2 is 2.00 bits per heavy atom. The van der Waals surface area contributed by atoms with E-state index in [0.29, 0.717) is 0 Å². The second-order valence-corrected chi connectivity index (χ2v) is 2.68. The van der Waals surface area contributed by atoms with Crippen molar-refractivity contribution in [3.8, 4) is 0 Å². The molecule has 0 aromatic carbocycles. The Morgan fingerprint density at radius 3 is 2.62 bits per heavy atom. The van der Waals surface area contributed by atoms with Crippen molar-refractivity contribution in [2.45, 2.75) is 6.92 Å². The molecule has 0 amide bonds. The second kappa shape index (κ2) is 3.85. The number of rotatable bonds is 0. The Balaban J connectivity index is 0.000000396. The van der Waals surface area contributed by atoms with Gasteiger partial charge < -0.3 is 4.57 Å². The molecule has 0 unspecified atom stereocenters. The van der Waals surface area contributed by atoms with Crippen molar-refractivity contribution in [1.82, 2.24) is 14.5 Å². The van der Waals surface area contributed by atoms with Gasteiger partial charge in [0.15, 0.2) is 0 Å². The number of imidazole rings is 1. The zero-order chi connectivity index (χ0) is 9.84. The van der Waals surface area contributed by atoms with Gasteiger partial charge in [0.25, 0.3) is 0 Å². The molecule has 3 heteroatoms. The van der Waals surface area contributed by atoms with E-state index in [-0.39, 0.29) is 0 Å². The highest BCUT2D eigenvalue weighted by molar-refractivity contribution is 5.77. The monoisotopic (exact) mass is 175 g/mol. The van der Waals surface area contributed by atoms with Crippen LogP contribution in [-0.4, -0.2) is 14.5 Å². The molecule has 0 aliphatic rings. The van der Waals surface area contributed by atoms with E-state index in [4.69, 9.17) is 0 Å². The first-order valence-electron chi connectivity index (χ1n) is 4.00. The maximum absolute atomic E-state index is 4.18. The number of hydrogen-bond acceptors (Lipinski definition) is 2. The number of aromatic nitrogens is 3. The molecule has 0 bridgehead atoms. The van der Waals surface area contributed by atoms with Crippen molar-refractivity contribution in [2.75, 3.05) is 0 Å². The molecule has 2 rings (SSSR count). The average Bonchev–Trinajstić information content (AvgIpc) is 2.53. The van der Waals surface area contributed by atoms with Crippen molar-refractivity contribution in [3.63, 3.8) is 0 Å². The lowest BCUT2D eigenvalue weighted by atomic mass is 10.3. The second-order valence-electron chi connectivity index (χ2n) is 2.68. The Morgan fingerprint density at radius 1 is 1.31 bits per heavy atom. The zero-order valence-corrected chi connectivity index (χ0v) is 7.99. The molecule has 0 spiro atoms. The van der Waals surface area contributed by atoms with Gasteiger partial charge in [0.1, 0.15) is 5.52 Å². The normalized spacial score (nSPS) is 9.38. The van der Waals surface area contributed by atoms with E-state index < -0.39 is 0 Å². The summed E-state index contributed by atoms with van der Waals surface area (Å²) in [4.78, 5) is 8.23. The van der Waals surface area contributed by atoms with E-state index in [1.807, 2.05) is 24.7 Å². The number of aryl methyl sites for hydroxylation is 2. The summed E-state index contributed by atoms with van der Waals surface area (Å²) < 4.78 is 2.01. The molecule has 68 valence electrons. The minimum atomic E-state index is 0.965. The first-order chi connectivity index (χ1) is 6.29. The summed E-state index contributed by atoms with van der Waals surface area (Å²) >= 11 is 0. The summed E-state index contributed by atoms with van der Waals surface area (Å²) in [5.41, 5.74) is 3.30. The fraction of sp³-hybridized carbons (Fsp3) is 0.200. The number of hydrogen-bond donors (Lipinski definition) is 0. The van der Waals surface area contributed by atoms with E-state index in [1.54, 1.807) is 12.5 Å². The highest BCUT2D eigenvalue weighted by Crippen LogP contribution is 2.13. The fourth-order valence-electron chi connectivity index (χ4n) is 1.30. The maximum atomic E-state index is 4.18. The highest BCUT2D eigenvalue weighted by Gasteiger charge is 2.00. The molecule has 2 aromatic heterocycles. The van der Waals surface area contributed by atoms with Crippen LogP contribution in [0.5, 0.6) is 0 Å². The van der Waals surface area contributed by atoms with Crippen LogP contribution in [0, 0.1) is 6.92 Å². The van der Waals surface area contributed by atoms with Crippen LogP contribution >= 0.6 is 0 Å². The van der Waals surface area contributed by atoms with E-state index in [2.05, 4.69) is 23.1 Å². The molecule has 13 heavy (non-hydrogen) atoms. The average molecular weight is 175 g/mol. The molecule has 0 atom stereocenters. The van der Waals surface area contributed by atoms with Gasteiger partial charge in [0.2, 0.25) is 0 Å². The molecule has 0 saturated heterocycles. The largest absolute Gasteiger partial charge is 0.333 e. The van der Waals surface area contributed by atoms with Crippen molar-refractivity contribution >= 4 is 11.0 Å². The molecule has 2 aromatic rings. The summed E-state index contributed by atoms with van der Waals surface area (Å²) in [6.45, 7) is 8.04. The van der Waals surface area contributed by atoms with Crippen molar-refractivity contribution in [1.29, 1.82) is 0 Å². The van der Waals surface area contributed by atoms with Crippen LogP contribution in [0.1, 0.15) is 5.56 Å². The first kappa shape index (κ1) is 9.45. The Labute approximate surface area is 77.7 Å². The maximum Gasteiger partial charge on any atom is 0.107 e. The summed E-state index contributed by atoms with van der Waals surface area (Å²) in [6.07, 6.45) is 5.44. The van der Waals surface area contributed by atoms with Crippen LogP contribution in [0.15, 0.2) is 31.9 Å². The first-order valence-corrected chi connectivity index (χ1v) is 4.00. The van der Waals surface area contributed by atoms with Crippen LogP contribution in [0.3, 0.4) is 0 Å². The lowest BCUT2D eigenvalue weighted by molar-refractivity contribution is 0.943. The fourth-order valence-corrected chi connectivity index (χ4v) is 1.30. The summed E-state index contributed by atoms with van der Waals surface area (Å²) in [5, 5.41) is 0. The zero-order valence-electron chi connectivity index (χ0n) is 7.99. The highest BCUT2D eigenvalue weighted by atomic mass is 15.0. The minimum Gasteiger partial charge on any atom is -0.333 e. The van der Waals surface area contributed by atoms with Gasteiger partial charge in [-0.3, -0.25) is 4.98 Å². The van der Waals surface area contributed by atoms with E-state index in [1.165, 1.54) is 11.1 Å². The minimum absolute atomic E-state index is 0.965. The lowest BCUT2D eigenvalue weighted by Gasteiger charge is -1.96. The van der Waals surface area contributed by atoms with Gasteiger partial charge in [-0.15, -0.1) is 13.2 Å². The van der Waals surface area contributed by atoms with Gasteiger partial charge in [0.05, 0.1) is 18.0 Å². The topological polar surface area (TPSA) is 30.7 Å². The van der Waals surface area contributed by atoms with Crippen LogP contribution in [0.25, 0.3) is 11.0 Å². The molecule has 0 saturated carbocycles.